The normalized spacial score (nSPS) is 10.6. The Morgan fingerprint density at radius 1 is 1.15 bits per heavy atom. The van der Waals surface area contributed by atoms with Crippen molar-refractivity contribution in [2.24, 2.45) is 0 Å². The largest absolute Gasteiger partial charge is 0.302 e. The maximum absolute atomic E-state index is 2.50. The molecular weight excluding hydrogens is 273 g/mol. The van der Waals surface area contributed by atoms with Gasteiger partial charge in [0.1, 0.15) is 0 Å². The van der Waals surface area contributed by atoms with Crippen LogP contribution in [-0.4, -0.2) is 25.0 Å². The first kappa shape index (κ1) is 13.4. The molecule has 0 aliphatic rings. The van der Waals surface area contributed by atoms with Crippen molar-refractivity contribution >= 4 is 22.6 Å². The third-order valence-corrected chi connectivity index (χ3v) is 3.36. The van der Waals surface area contributed by atoms with E-state index in [0.717, 1.165) is 6.54 Å². The molecule has 0 radical (unpaired) electrons. The minimum atomic E-state index is 1.13. The van der Waals surface area contributed by atoms with Gasteiger partial charge in [-0.25, -0.2) is 0 Å². The van der Waals surface area contributed by atoms with E-state index in [2.05, 4.69) is 55.3 Å². The van der Waals surface area contributed by atoms with Crippen LogP contribution in [0.4, 0.5) is 0 Å². The van der Waals surface area contributed by atoms with Gasteiger partial charge in [0.2, 0.25) is 0 Å². The highest BCUT2D eigenvalue weighted by atomic mass is 127. The number of likely N-dealkylation sites (N-methyl/N-ethyl adjacent to an activating group) is 1. The van der Waals surface area contributed by atoms with Crippen LogP contribution in [-0.2, 0) is 0 Å². The Balaban J connectivity index is 4.08. The van der Waals surface area contributed by atoms with Crippen LogP contribution in [0, 0.1) is 0 Å². The maximum Gasteiger partial charge on any atom is 0.0288 e. The molecule has 0 unspecified atom stereocenters. The molecule has 2 heteroatoms. The van der Waals surface area contributed by atoms with Crippen LogP contribution in [0.15, 0.2) is 9.15 Å². The Bertz CT molecular complexity index is 157. The van der Waals surface area contributed by atoms with E-state index in [1.165, 1.54) is 25.8 Å². The van der Waals surface area contributed by atoms with E-state index in [4.69, 9.17) is 0 Å². The van der Waals surface area contributed by atoms with E-state index in [-0.39, 0.29) is 0 Å². The van der Waals surface area contributed by atoms with Crippen molar-refractivity contribution in [2.75, 3.05) is 20.1 Å². The van der Waals surface area contributed by atoms with Crippen LogP contribution in [0.5, 0.6) is 0 Å². The Labute approximate surface area is 96.7 Å². The lowest BCUT2D eigenvalue weighted by Crippen LogP contribution is -2.21. The van der Waals surface area contributed by atoms with E-state index in [0.29, 0.717) is 0 Å². The van der Waals surface area contributed by atoms with Crippen molar-refractivity contribution in [3.8, 4) is 0 Å². The minimum absolute atomic E-state index is 1.13. The molecule has 0 aliphatic heterocycles. The highest BCUT2D eigenvalue weighted by molar-refractivity contribution is 14.1. The molecule has 0 atom stereocenters. The molecule has 13 heavy (non-hydrogen) atoms. The summed E-state index contributed by atoms with van der Waals surface area (Å²) in [6.07, 6.45) is 3.65. The second-order valence-electron chi connectivity index (χ2n) is 3.45. The van der Waals surface area contributed by atoms with Crippen LogP contribution < -0.4 is 0 Å². The summed E-state index contributed by atoms with van der Waals surface area (Å²) >= 11 is 2.50. The molecule has 1 nitrogen and oxygen atoms in total. The fourth-order valence-electron chi connectivity index (χ4n) is 1.44. The second-order valence-corrected chi connectivity index (χ2v) is 4.76. The monoisotopic (exact) mass is 295 g/mol. The zero-order valence-corrected chi connectivity index (χ0v) is 11.5. The van der Waals surface area contributed by atoms with E-state index >= 15 is 0 Å². The number of allylic oxidation sites excluding steroid dienone is 1. The Kier molecular flexibility index (Phi) is 8.06. The molecule has 0 spiro atoms. The van der Waals surface area contributed by atoms with Gasteiger partial charge in [-0.3, -0.25) is 0 Å². The standard InChI is InChI=1S/C11H22IN/c1-5-8-13(4)9-11(12)10(6-2)7-3/h5-9H2,1-4H3. The summed E-state index contributed by atoms with van der Waals surface area (Å²) in [6, 6.07) is 0. The van der Waals surface area contributed by atoms with Crippen molar-refractivity contribution in [3.05, 3.63) is 9.15 Å². The van der Waals surface area contributed by atoms with E-state index in [1.807, 2.05) is 0 Å². The highest BCUT2D eigenvalue weighted by Crippen LogP contribution is 2.19. The molecule has 78 valence electrons. The quantitative estimate of drug-likeness (QED) is 0.673. The lowest BCUT2D eigenvalue weighted by Gasteiger charge is -2.17. The van der Waals surface area contributed by atoms with Crippen molar-refractivity contribution in [3.63, 3.8) is 0 Å². The Morgan fingerprint density at radius 3 is 2.08 bits per heavy atom. The van der Waals surface area contributed by atoms with Gasteiger partial charge in [0.05, 0.1) is 0 Å². The van der Waals surface area contributed by atoms with Crippen LogP contribution >= 0.6 is 22.6 Å². The van der Waals surface area contributed by atoms with Gasteiger partial charge in [-0.2, -0.15) is 0 Å². The summed E-state index contributed by atoms with van der Waals surface area (Å²) in [4.78, 5) is 2.40. The van der Waals surface area contributed by atoms with Crippen molar-refractivity contribution in [1.82, 2.24) is 4.90 Å². The summed E-state index contributed by atoms with van der Waals surface area (Å²) in [5.41, 5.74) is 1.61. The summed E-state index contributed by atoms with van der Waals surface area (Å²) in [7, 11) is 2.20. The zero-order valence-electron chi connectivity index (χ0n) is 9.36. The molecule has 0 heterocycles. The molecule has 0 aromatic rings. The van der Waals surface area contributed by atoms with E-state index < -0.39 is 0 Å². The van der Waals surface area contributed by atoms with Gasteiger partial charge in [-0.15, -0.1) is 0 Å². The van der Waals surface area contributed by atoms with Crippen molar-refractivity contribution in [2.45, 2.75) is 40.0 Å². The van der Waals surface area contributed by atoms with Gasteiger partial charge < -0.3 is 4.90 Å². The van der Waals surface area contributed by atoms with Gasteiger partial charge in [0, 0.05) is 10.1 Å². The van der Waals surface area contributed by atoms with Gasteiger partial charge in [0.25, 0.3) is 0 Å². The van der Waals surface area contributed by atoms with Gasteiger partial charge in [0.15, 0.2) is 0 Å². The predicted molar refractivity (Wildman–Crippen MR) is 69.4 cm³/mol. The number of rotatable bonds is 6. The average Bonchev–Trinajstić information content (AvgIpc) is 2.06. The van der Waals surface area contributed by atoms with E-state index in [9.17, 15) is 0 Å². The van der Waals surface area contributed by atoms with E-state index in [1.54, 1.807) is 9.15 Å². The lowest BCUT2D eigenvalue weighted by molar-refractivity contribution is 0.368. The molecule has 0 N–H and O–H groups in total. The molecule has 0 bridgehead atoms. The molecule has 0 aromatic carbocycles. The molecule has 0 amide bonds. The number of nitrogens with zero attached hydrogens (tertiary/aromatic N) is 1. The van der Waals surface area contributed by atoms with Crippen molar-refractivity contribution < 1.29 is 0 Å². The Morgan fingerprint density at radius 2 is 1.69 bits per heavy atom. The second kappa shape index (κ2) is 7.80. The fourth-order valence-corrected chi connectivity index (χ4v) is 2.79. The van der Waals surface area contributed by atoms with Gasteiger partial charge >= 0.3 is 0 Å². The first-order valence-electron chi connectivity index (χ1n) is 5.20. The molecule has 0 saturated carbocycles. The predicted octanol–water partition coefficient (Wildman–Crippen LogP) is 3.84. The third-order valence-electron chi connectivity index (χ3n) is 2.25. The number of hydrogen-bond donors (Lipinski definition) is 0. The van der Waals surface area contributed by atoms with Gasteiger partial charge in [-0.1, -0.05) is 26.3 Å². The van der Waals surface area contributed by atoms with Crippen LogP contribution in [0.25, 0.3) is 0 Å². The zero-order chi connectivity index (χ0) is 10.3. The topological polar surface area (TPSA) is 3.24 Å². The summed E-state index contributed by atoms with van der Waals surface area (Å²) in [5.74, 6) is 0. The number of hydrogen-bond acceptors (Lipinski definition) is 1. The number of halogens is 1. The summed E-state index contributed by atoms with van der Waals surface area (Å²) in [6.45, 7) is 9.06. The molecular formula is C11H22IN. The minimum Gasteiger partial charge on any atom is -0.302 e. The van der Waals surface area contributed by atoms with Crippen LogP contribution in [0.2, 0.25) is 0 Å². The fraction of sp³-hybridized carbons (Fsp3) is 0.818. The average molecular weight is 295 g/mol. The SMILES string of the molecule is CCCN(C)CC(I)=C(CC)CC. The smallest absolute Gasteiger partial charge is 0.0288 e. The first-order chi connectivity index (χ1) is 6.15. The molecule has 0 aromatic heterocycles. The van der Waals surface area contributed by atoms with Crippen LogP contribution in [0.3, 0.4) is 0 Å². The summed E-state index contributed by atoms with van der Waals surface area (Å²) in [5, 5.41) is 0. The lowest BCUT2D eigenvalue weighted by atomic mass is 10.1. The molecule has 0 rings (SSSR count). The maximum atomic E-state index is 2.50. The Hall–Kier alpha value is 0.430. The molecule has 0 aliphatic carbocycles. The first-order valence-corrected chi connectivity index (χ1v) is 6.28. The third kappa shape index (κ3) is 5.68. The molecule has 0 saturated heterocycles. The van der Waals surface area contributed by atoms with Crippen LogP contribution in [0.1, 0.15) is 40.0 Å². The molecule has 0 fully saturated rings. The van der Waals surface area contributed by atoms with Gasteiger partial charge in [-0.05, 0) is 55.4 Å². The highest BCUT2D eigenvalue weighted by Gasteiger charge is 2.03. The van der Waals surface area contributed by atoms with Crippen molar-refractivity contribution in [1.29, 1.82) is 0 Å². The summed E-state index contributed by atoms with van der Waals surface area (Å²) < 4.78 is 1.54.